The molecule has 142 valence electrons. The number of urea groups is 1. The van der Waals surface area contributed by atoms with E-state index >= 15 is 0 Å². The average Bonchev–Trinajstić information content (AvgIpc) is 2.56. The van der Waals surface area contributed by atoms with E-state index in [-0.39, 0.29) is 17.7 Å². The molecule has 2 aliphatic heterocycles. The van der Waals surface area contributed by atoms with Crippen LogP contribution in [0, 0.1) is 6.92 Å². The zero-order valence-electron chi connectivity index (χ0n) is 15.6. The molecule has 0 unspecified atom stereocenters. The summed E-state index contributed by atoms with van der Waals surface area (Å²) in [6.07, 6.45) is 1.14. The molecule has 1 saturated heterocycles. The van der Waals surface area contributed by atoms with E-state index in [0.717, 1.165) is 11.1 Å². The molecule has 1 spiro atoms. The van der Waals surface area contributed by atoms with E-state index in [9.17, 15) is 9.90 Å². The Kier molecular flexibility index (Phi) is 4.04. The van der Waals surface area contributed by atoms with Crippen molar-refractivity contribution in [1.82, 2.24) is 10.6 Å². The first kappa shape index (κ1) is 18.0. The molecule has 3 N–H and O–H groups in total. The minimum Gasteiger partial charge on any atom is -0.508 e. The van der Waals surface area contributed by atoms with Crippen LogP contribution in [0.2, 0.25) is 5.02 Å². The van der Waals surface area contributed by atoms with E-state index in [4.69, 9.17) is 16.3 Å². The van der Waals surface area contributed by atoms with Gasteiger partial charge in [-0.1, -0.05) is 35.9 Å². The maximum atomic E-state index is 12.3. The first-order chi connectivity index (χ1) is 12.7. The molecule has 0 saturated carbocycles. The molecule has 27 heavy (non-hydrogen) atoms. The van der Waals surface area contributed by atoms with Gasteiger partial charge in [0, 0.05) is 40.4 Å². The molecule has 0 radical (unpaired) electrons. The molecule has 2 aliphatic rings. The number of benzene rings is 2. The van der Waals surface area contributed by atoms with Crippen LogP contribution in [0.1, 0.15) is 49.3 Å². The van der Waals surface area contributed by atoms with E-state index in [0.29, 0.717) is 29.2 Å². The minimum absolute atomic E-state index is 0.0593. The van der Waals surface area contributed by atoms with Crippen molar-refractivity contribution in [3.8, 4) is 11.5 Å². The number of ether oxygens (including phenoxy) is 1. The van der Waals surface area contributed by atoms with Gasteiger partial charge in [-0.15, -0.1) is 0 Å². The van der Waals surface area contributed by atoms with E-state index in [1.165, 1.54) is 0 Å². The number of hydrogen-bond acceptors (Lipinski definition) is 3. The largest absolute Gasteiger partial charge is 0.508 e. The molecule has 2 heterocycles. The molecule has 0 aromatic heterocycles. The highest BCUT2D eigenvalue weighted by Crippen LogP contribution is 2.50. The second kappa shape index (κ2) is 6.06. The molecule has 0 aliphatic carbocycles. The van der Waals surface area contributed by atoms with Crippen molar-refractivity contribution < 1.29 is 14.6 Å². The lowest BCUT2D eigenvalue weighted by atomic mass is 9.76. The second-order valence-electron chi connectivity index (χ2n) is 8.14. The van der Waals surface area contributed by atoms with Crippen LogP contribution in [0.5, 0.6) is 11.5 Å². The summed E-state index contributed by atoms with van der Waals surface area (Å²) in [5.41, 5.74) is 1.32. The number of phenols is 1. The third-order valence-electron chi connectivity index (χ3n) is 5.42. The molecule has 1 fully saturated rings. The van der Waals surface area contributed by atoms with Crippen LogP contribution >= 0.6 is 11.6 Å². The fourth-order valence-corrected chi connectivity index (χ4v) is 4.62. The van der Waals surface area contributed by atoms with Gasteiger partial charge in [-0.3, -0.25) is 0 Å². The normalized spacial score (nSPS) is 25.9. The van der Waals surface area contributed by atoms with Gasteiger partial charge in [0.05, 0.1) is 0 Å². The fraction of sp³-hybridized carbons (Fsp3) is 0.381. The first-order valence-electron chi connectivity index (χ1n) is 9.06. The summed E-state index contributed by atoms with van der Waals surface area (Å²) in [5, 5.41) is 16.8. The molecule has 4 rings (SSSR count). The van der Waals surface area contributed by atoms with Crippen molar-refractivity contribution in [2.75, 3.05) is 0 Å². The van der Waals surface area contributed by atoms with Gasteiger partial charge in [-0.2, -0.15) is 0 Å². The van der Waals surface area contributed by atoms with Crippen LogP contribution in [-0.2, 0) is 0 Å². The fourth-order valence-electron chi connectivity index (χ4n) is 4.36. The number of fused-ring (bicyclic) bond motifs is 1. The predicted molar refractivity (Wildman–Crippen MR) is 104 cm³/mol. The van der Waals surface area contributed by atoms with Gasteiger partial charge in [0.15, 0.2) is 5.72 Å². The number of carbonyl (C=O) groups excluding carboxylic acids is 1. The Morgan fingerprint density at radius 3 is 2.59 bits per heavy atom. The second-order valence-corrected chi connectivity index (χ2v) is 8.55. The average molecular weight is 387 g/mol. The number of rotatable bonds is 1. The smallest absolute Gasteiger partial charge is 0.318 e. The van der Waals surface area contributed by atoms with E-state index in [2.05, 4.69) is 10.6 Å². The Hall–Kier alpha value is -2.40. The number of nitrogens with one attached hydrogen (secondary N) is 2. The van der Waals surface area contributed by atoms with Crippen LogP contribution in [0.15, 0.2) is 36.4 Å². The molecule has 2 amide bonds. The lowest BCUT2D eigenvalue weighted by molar-refractivity contribution is -0.0241. The SMILES string of the molecule is Cc1c(O)ccc2c1O[C@]1(C[C@H]2c2ccccc2Cl)CC(C)(C)NC(=O)N1. The van der Waals surface area contributed by atoms with Gasteiger partial charge in [0.2, 0.25) is 0 Å². The molecule has 0 bridgehead atoms. The summed E-state index contributed by atoms with van der Waals surface area (Å²) in [7, 11) is 0. The highest BCUT2D eigenvalue weighted by Gasteiger charge is 2.50. The van der Waals surface area contributed by atoms with Crippen molar-refractivity contribution >= 4 is 17.6 Å². The van der Waals surface area contributed by atoms with Gasteiger partial charge >= 0.3 is 6.03 Å². The van der Waals surface area contributed by atoms with Crippen LogP contribution in [0.25, 0.3) is 0 Å². The number of aromatic hydroxyl groups is 1. The van der Waals surface area contributed by atoms with Crippen molar-refractivity contribution in [3.05, 3.63) is 58.1 Å². The zero-order valence-corrected chi connectivity index (χ0v) is 16.4. The zero-order chi connectivity index (χ0) is 19.4. The summed E-state index contributed by atoms with van der Waals surface area (Å²) >= 11 is 6.52. The van der Waals surface area contributed by atoms with E-state index in [1.807, 2.05) is 51.1 Å². The van der Waals surface area contributed by atoms with Crippen LogP contribution in [0.3, 0.4) is 0 Å². The predicted octanol–water partition coefficient (Wildman–Crippen LogP) is 4.45. The van der Waals surface area contributed by atoms with E-state index < -0.39 is 11.3 Å². The van der Waals surface area contributed by atoms with E-state index in [1.54, 1.807) is 6.07 Å². The Labute approximate surface area is 163 Å². The number of carbonyl (C=O) groups is 1. The van der Waals surface area contributed by atoms with Crippen molar-refractivity contribution in [2.45, 2.75) is 50.8 Å². The molecule has 2 atom stereocenters. The standard InChI is InChI=1S/C21H23ClN2O3/c1-12-17(25)9-8-14-15(13-6-4-5-7-16(13)22)10-21(27-18(12)14)11-20(2,3)23-19(26)24-21/h4-9,15,25H,10-11H2,1-3H3,(H2,23,24,26)/t15-,21+/m0/s1. The van der Waals surface area contributed by atoms with Crippen molar-refractivity contribution in [3.63, 3.8) is 0 Å². The quantitative estimate of drug-likeness (QED) is 0.678. The minimum atomic E-state index is -0.874. The lowest BCUT2D eigenvalue weighted by Gasteiger charge is -2.49. The van der Waals surface area contributed by atoms with Gasteiger partial charge in [-0.05, 0) is 38.5 Å². The van der Waals surface area contributed by atoms with Crippen LogP contribution in [-0.4, -0.2) is 22.4 Å². The number of amides is 2. The third-order valence-corrected chi connectivity index (χ3v) is 5.76. The maximum Gasteiger partial charge on any atom is 0.318 e. The van der Waals surface area contributed by atoms with Gasteiger partial charge in [-0.25, -0.2) is 4.79 Å². The Morgan fingerprint density at radius 2 is 1.89 bits per heavy atom. The Bertz CT molecular complexity index is 928. The van der Waals surface area contributed by atoms with Gasteiger partial charge < -0.3 is 20.5 Å². The molecule has 5 nitrogen and oxygen atoms in total. The molecular formula is C21H23ClN2O3. The summed E-state index contributed by atoms with van der Waals surface area (Å²) in [6, 6.07) is 11.0. The first-order valence-corrected chi connectivity index (χ1v) is 9.44. The summed E-state index contributed by atoms with van der Waals surface area (Å²) < 4.78 is 6.39. The monoisotopic (exact) mass is 386 g/mol. The molecule has 2 aromatic carbocycles. The topological polar surface area (TPSA) is 70.6 Å². The Balaban J connectivity index is 1.89. The van der Waals surface area contributed by atoms with Crippen molar-refractivity contribution in [2.24, 2.45) is 0 Å². The Morgan fingerprint density at radius 1 is 1.15 bits per heavy atom. The highest BCUT2D eigenvalue weighted by atomic mass is 35.5. The maximum absolute atomic E-state index is 12.3. The molecular weight excluding hydrogens is 364 g/mol. The third kappa shape index (κ3) is 3.10. The van der Waals surface area contributed by atoms with Gasteiger partial charge in [0.25, 0.3) is 0 Å². The number of phenolic OH excluding ortho intramolecular Hbond substituents is 1. The lowest BCUT2D eigenvalue weighted by Crippen LogP contribution is -2.69. The molecule has 2 aromatic rings. The van der Waals surface area contributed by atoms with Crippen LogP contribution < -0.4 is 15.4 Å². The number of halogens is 1. The summed E-state index contributed by atoms with van der Waals surface area (Å²) in [4.78, 5) is 12.3. The van der Waals surface area contributed by atoms with Crippen LogP contribution in [0.4, 0.5) is 4.79 Å². The van der Waals surface area contributed by atoms with Gasteiger partial charge in [0.1, 0.15) is 11.5 Å². The molecule has 6 heteroatoms. The van der Waals surface area contributed by atoms with Crippen molar-refractivity contribution in [1.29, 1.82) is 0 Å². The summed E-state index contributed by atoms with van der Waals surface area (Å²) in [5.74, 6) is 0.725. The summed E-state index contributed by atoms with van der Waals surface area (Å²) in [6.45, 7) is 5.78. The highest BCUT2D eigenvalue weighted by molar-refractivity contribution is 6.31. The number of hydrogen-bond donors (Lipinski definition) is 3.